The Labute approximate surface area is 257 Å². The third kappa shape index (κ3) is 6.09. The van der Waals surface area contributed by atoms with Crippen molar-refractivity contribution in [1.82, 2.24) is 9.80 Å². The number of hydrogen-bond acceptors (Lipinski definition) is 5. The zero-order chi connectivity index (χ0) is 25.9. The quantitative estimate of drug-likeness (QED) is 0.168. The third-order valence-corrected chi connectivity index (χ3v) is 10.5. The Morgan fingerprint density at radius 1 is 0.838 bits per heavy atom. The van der Waals surface area contributed by atoms with E-state index in [0.717, 1.165) is 23.8 Å². The summed E-state index contributed by atoms with van der Waals surface area (Å²) in [7, 11) is 0. The van der Waals surface area contributed by atoms with E-state index in [0.29, 0.717) is 38.4 Å². The van der Waals surface area contributed by atoms with Crippen LogP contribution in [0.4, 0.5) is 4.79 Å². The molecule has 1 fully saturated rings. The first kappa shape index (κ1) is 27.1. The number of benzene rings is 3. The molecule has 6 nitrogen and oxygen atoms in total. The Bertz CT molecular complexity index is 1280. The van der Waals surface area contributed by atoms with Crippen molar-refractivity contribution in [1.29, 1.82) is 0 Å². The third-order valence-electron chi connectivity index (χ3n) is 6.82. The second-order valence-corrected chi connectivity index (χ2v) is 12.5. The lowest BCUT2D eigenvalue weighted by molar-refractivity contribution is 0.0407. The van der Waals surface area contributed by atoms with Gasteiger partial charge in [-0.15, -0.1) is 0 Å². The van der Waals surface area contributed by atoms with Gasteiger partial charge in [0, 0.05) is 49.4 Å². The molecule has 5 rings (SSSR count). The van der Waals surface area contributed by atoms with Crippen LogP contribution in [0.15, 0.2) is 60.7 Å². The normalized spacial score (nSPS) is 15.3. The Morgan fingerprint density at radius 3 is 2.11 bits per heavy atom. The molecule has 3 aromatic rings. The highest BCUT2D eigenvalue weighted by Gasteiger charge is 2.30. The number of esters is 1. The molecule has 3 aromatic carbocycles. The Kier molecular flexibility index (Phi) is 8.92. The number of piperazine rings is 1. The predicted octanol–water partition coefficient (Wildman–Crippen LogP) is 6.22. The van der Waals surface area contributed by atoms with E-state index in [9.17, 15) is 9.59 Å². The maximum absolute atomic E-state index is 12.8. The Hall–Kier alpha value is -1.45. The van der Waals surface area contributed by atoms with Gasteiger partial charge in [0.15, 0.2) is 0 Å². The van der Waals surface area contributed by atoms with E-state index < -0.39 is 0 Å². The van der Waals surface area contributed by atoms with Gasteiger partial charge in [-0.2, -0.15) is 0 Å². The fourth-order valence-corrected chi connectivity index (χ4v) is 7.27. The van der Waals surface area contributed by atoms with Crippen LogP contribution in [0.1, 0.15) is 27.4 Å². The second kappa shape index (κ2) is 12.2. The molecule has 1 aliphatic carbocycles. The molecular formula is C28H25I3N2O4. The summed E-state index contributed by atoms with van der Waals surface area (Å²) < 4.78 is 14.3. The Morgan fingerprint density at radius 2 is 1.46 bits per heavy atom. The van der Waals surface area contributed by atoms with Crippen molar-refractivity contribution in [2.24, 2.45) is 0 Å². The highest BCUT2D eigenvalue weighted by Crippen LogP contribution is 2.44. The molecule has 9 heteroatoms. The van der Waals surface area contributed by atoms with Gasteiger partial charge in [-0.25, -0.2) is 9.59 Å². The summed E-state index contributed by atoms with van der Waals surface area (Å²) in [6.07, 6.45) is -0.268. The molecule has 1 aliphatic heterocycles. The fraction of sp³-hybridized carbons (Fsp3) is 0.286. The minimum atomic E-state index is -0.293. The molecule has 0 N–H and O–H groups in total. The van der Waals surface area contributed by atoms with E-state index in [1.165, 1.54) is 22.3 Å². The molecule has 0 bridgehead atoms. The van der Waals surface area contributed by atoms with Crippen molar-refractivity contribution in [3.05, 3.63) is 88.1 Å². The first-order valence-electron chi connectivity index (χ1n) is 12.1. The van der Waals surface area contributed by atoms with Crippen molar-refractivity contribution < 1.29 is 19.1 Å². The van der Waals surface area contributed by atoms with E-state index in [-0.39, 0.29) is 18.0 Å². The number of nitrogens with zero attached hydrogens (tertiary/aromatic N) is 2. The van der Waals surface area contributed by atoms with E-state index in [2.05, 4.69) is 96.9 Å². The zero-order valence-corrected chi connectivity index (χ0v) is 26.4. The van der Waals surface area contributed by atoms with Gasteiger partial charge in [-0.05, 0) is 102 Å². The van der Waals surface area contributed by atoms with Crippen LogP contribution < -0.4 is 0 Å². The molecule has 0 saturated carbocycles. The molecule has 1 amide bonds. The summed E-state index contributed by atoms with van der Waals surface area (Å²) in [6.45, 7) is 3.93. The van der Waals surface area contributed by atoms with Gasteiger partial charge in [0.1, 0.15) is 13.2 Å². The molecule has 0 spiro atoms. The minimum absolute atomic E-state index is 0.0616. The van der Waals surface area contributed by atoms with E-state index >= 15 is 0 Å². The van der Waals surface area contributed by atoms with Gasteiger partial charge >= 0.3 is 12.1 Å². The average Bonchev–Trinajstić information content (AvgIpc) is 3.23. The van der Waals surface area contributed by atoms with E-state index in [1.807, 2.05) is 36.4 Å². The lowest BCUT2D eigenvalue weighted by Gasteiger charge is -2.34. The molecule has 0 unspecified atom stereocenters. The first-order chi connectivity index (χ1) is 17.9. The van der Waals surface area contributed by atoms with Gasteiger partial charge in [-0.1, -0.05) is 48.5 Å². The molecule has 2 aliphatic rings. The maximum Gasteiger partial charge on any atom is 0.409 e. The molecule has 0 aromatic heterocycles. The number of carbonyl (C=O) groups excluding carboxylic acids is 2. The van der Waals surface area contributed by atoms with Crippen molar-refractivity contribution >= 4 is 79.8 Å². The zero-order valence-electron chi connectivity index (χ0n) is 20.0. The van der Waals surface area contributed by atoms with Gasteiger partial charge < -0.3 is 14.4 Å². The SMILES string of the molecule is O=C(OCCN1CCN(C(=O)OCC2c3ccccc3-c3ccccc32)CC1)c1cc(I)cc(I)c1I. The Balaban J connectivity index is 1.08. The number of fused-ring (bicyclic) bond motifs is 3. The molecule has 1 heterocycles. The van der Waals surface area contributed by atoms with Gasteiger partial charge in [0.2, 0.25) is 0 Å². The lowest BCUT2D eigenvalue weighted by Crippen LogP contribution is -2.49. The highest BCUT2D eigenvalue weighted by molar-refractivity contribution is 14.1. The molecule has 192 valence electrons. The monoisotopic (exact) mass is 834 g/mol. The summed E-state index contributed by atoms with van der Waals surface area (Å²) >= 11 is 6.63. The molecule has 0 radical (unpaired) electrons. The number of rotatable bonds is 6. The van der Waals surface area contributed by atoms with Crippen LogP contribution in [0.5, 0.6) is 0 Å². The van der Waals surface area contributed by atoms with Gasteiger partial charge in [-0.3, -0.25) is 4.90 Å². The number of hydrogen-bond donors (Lipinski definition) is 0. The molecular weight excluding hydrogens is 809 g/mol. The fourth-order valence-electron chi connectivity index (χ4n) is 4.89. The number of carbonyl (C=O) groups is 2. The van der Waals surface area contributed by atoms with Crippen molar-refractivity contribution in [3.8, 4) is 11.1 Å². The lowest BCUT2D eigenvalue weighted by atomic mass is 9.98. The van der Waals surface area contributed by atoms with Crippen LogP contribution in [0.2, 0.25) is 0 Å². The van der Waals surface area contributed by atoms with E-state index in [4.69, 9.17) is 9.47 Å². The minimum Gasteiger partial charge on any atom is -0.461 e. The summed E-state index contributed by atoms with van der Waals surface area (Å²) in [6, 6.07) is 20.6. The summed E-state index contributed by atoms with van der Waals surface area (Å²) in [5.41, 5.74) is 5.48. The first-order valence-corrected chi connectivity index (χ1v) is 15.3. The van der Waals surface area contributed by atoms with Gasteiger partial charge in [0.25, 0.3) is 0 Å². The van der Waals surface area contributed by atoms with Crippen molar-refractivity contribution in [3.63, 3.8) is 0 Å². The van der Waals surface area contributed by atoms with Crippen LogP contribution in [-0.4, -0.2) is 67.8 Å². The molecule has 0 atom stereocenters. The van der Waals surface area contributed by atoms with E-state index in [1.54, 1.807) is 4.90 Å². The summed E-state index contributed by atoms with van der Waals surface area (Å²) in [5, 5.41) is 0. The highest BCUT2D eigenvalue weighted by atomic mass is 127. The molecule has 1 saturated heterocycles. The predicted molar refractivity (Wildman–Crippen MR) is 168 cm³/mol. The van der Waals surface area contributed by atoms with Crippen molar-refractivity contribution in [2.75, 3.05) is 45.9 Å². The van der Waals surface area contributed by atoms with Crippen LogP contribution >= 0.6 is 67.8 Å². The van der Waals surface area contributed by atoms with Gasteiger partial charge in [0.05, 0.1) is 5.56 Å². The van der Waals surface area contributed by atoms with Crippen LogP contribution in [0, 0.1) is 10.7 Å². The largest absolute Gasteiger partial charge is 0.461 e. The van der Waals surface area contributed by atoms with Crippen molar-refractivity contribution in [2.45, 2.75) is 5.92 Å². The maximum atomic E-state index is 12.8. The number of ether oxygens (including phenoxy) is 2. The standard InChI is InChI=1S/C28H25I3N2O4/c29-18-15-23(26(31)25(30)16-18)27(34)36-14-13-32-9-11-33(12-10-32)28(35)37-17-24-21-7-3-1-5-19(21)20-6-2-4-8-22(20)24/h1-8,15-16,24H,9-14,17H2. The molecule has 37 heavy (non-hydrogen) atoms. The average molecular weight is 834 g/mol. The number of amides is 1. The van der Waals surface area contributed by atoms with Crippen LogP contribution in [0.3, 0.4) is 0 Å². The van der Waals surface area contributed by atoms with Crippen LogP contribution in [0.25, 0.3) is 11.1 Å². The summed E-state index contributed by atoms with van der Waals surface area (Å²) in [5.74, 6) is -0.232. The second-order valence-electron chi connectivity index (χ2n) is 9.02. The summed E-state index contributed by atoms with van der Waals surface area (Å²) in [4.78, 5) is 29.4. The number of halogens is 3. The van der Waals surface area contributed by atoms with Crippen LogP contribution in [-0.2, 0) is 9.47 Å². The smallest absolute Gasteiger partial charge is 0.409 e. The topological polar surface area (TPSA) is 59.1 Å².